The molecule has 2 nitrogen and oxygen atoms in total. The van der Waals surface area contributed by atoms with E-state index in [-0.39, 0.29) is 34.0 Å². The number of carbonyl (C=O) groups is 1. The topological polar surface area (TPSA) is 37.3 Å². The highest BCUT2D eigenvalue weighted by molar-refractivity contribution is 6.24. The summed E-state index contributed by atoms with van der Waals surface area (Å²) >= 11 is 0. The number of rotatable bonds is 13. The van der Waals surface area contributed by atoms with Crippen LogP contribution >= 0.6 is 0 Å². The number of aryl methyl sites for hydroxylation is 1. The molecule has 1 fully saturated rings. The van der Waals surface area contributed by atoms with Crippen LogP contribution in [0.25, 0.3) is 11.1 Å². The van der Waals surface area contributed by atoms with E-state index in [1.807, 2.05) is 19.9 Å². The molecule has 0 aliphatic heterocycles. The van der Waals surface area contributed by atoms with Crippen LogP contribution in [0.3, 0.4) is 0 Å². The highest BCUT2D eigenvalue weighted by Crippen LogP contribution is 2.52. The van der Waals surface area contributed by atoms with Gasteiger partial charge in [-0.3, -0.25) is 4.79 Å². The zero-order chi connectivity index (χ0) is 33.7. The van der Waals surface area contributed by atoms with E-state index >= 15 is 4.39 Å². The van der Waals surface area contributed by atoms with Gasteiger partial charge in [-0.05, 0) is 97.4 Å². The van der Waals surface area contributed by atoms with Crippen LogP contribution in [-0.2, 0) is 23.6 Å². The van der Waals surface area contributed by atoms with Gasteiger partial charge in [-0.15, -0.1) is 0 Å². The first-order valence-electron chi connectivity index (χ1n) is 15.3. The number of unbranched alkanes of at least 4 members (excludes halogenated alkanes) is 1. The summed E-state index contributed by atoms with van der Waals surface area (Å²) in [5, 5.41) is 10.4. The Morgan fingerprint density at radius 1 is 1.09 bits per heavy atom. The lowest BCUT2D eigenvalue weighted by molar-refractivity contribution is -0.131. The summed E-state index contributed by atoms with van der Waals surface area (Å²) in [7, 11) is 0. The molecule has 2 aromatic rings. The van der Waals surface area contributed by atoms with Crippen LogP contribution in [-0.4, -0.2) is 17.1 Å². The number of alkyl halides is 5. The molecule has 244 valence electrons. The molecular weight excluding hydrogens is 590 g/mol. The van der Waals surface area contributed by atoms with E-state index < -0.39 is 34.4 Å². The van der Waals surface area contributed by atoms with Crippen LogP contribution in [0, 0.1) is 24.1 Å². The van der Waals surface area contributed by atoms with E-state index in [0.717, 1.165) is 50.0 Å². The number of aliphatic hydroxyl groups is 1. The van der Waals surface area contributed by atoms with E-state index in [9.17, 15) is 31.9 Å². The molecule has 1 N–H and O–H groups in total. The molecule has 1 unspecified atom stereocenters. The molecular formula is C37H42F6O2. The van der Waals surface area contributed by atoms with Gasteiger partial charge in [0, 0.05) is 23.5 Å². The monoisotopic (exact) mass is 632 g/mol. The third kappa shape index (κ3) is 7.82. The summed E-state index contributed by atoms with van der Waals surface area (Å²) in [5.41, 5.74) is -0.779. The van der Waals surface area contributed by atoms with Gasteiger partial charge in [-0.1, -0.05) is 69.7 Å². The second kappa shape index (κ2) is 14.3. The van der Waals surface area contributed by atoms with Crippen molar-refractivity contribution in [2.24, 2.45) is 11.3 Å². The first-order valence-corrected chi connectivity index (χ1v) is 15.3. The molecule has 0 spiro atoms. The fraction of sp³-hybridized carbons (Fsp3) is 0.432. The molecule has 0 heterocycles. The van der Waals surface area contributed by atoms with Crippen molar-refractivity contribution in [3.63, 3.8) is 0 Å². The van der Waals surface area contributed by atoms with Gasteiger partial charge < -0.3 is 5.11 Å². The number of allylic oxidation sites excluding steroid dienone is 6. The van der Waals surface area contributed by atoms with Crippen LogP contribution < -0.4 is 0 Å². The van der Waals surface area contributed by atoms with Gasteiger partial charge in [0.2, 0.25) is 0 Å². The molecule has 3 rings (SSSR count). The third-order valence-electron chi connectivity index (χ3n) is 9.16. The molecule has 0 aromatic heterocycles. The minimum absolute atomic E-state index is 0.0239. The first-order chi connectivity index (χ1) is 21.0. The largest absolute Gasteiger partial charge is 0.515 e. The maximum absolute atomic E-state index is 15.2. The molecule has 0 saturated heterocycles. The van der Waals surface area contributed by atoms with Crippen molar-refractivity contribution in [3.05, 3.63) is 106 Å². The zero-order valence-corrected chi connectivity index (χ0v) is 26.6. The van der Waals surface area contributed by atoms with Crippen molar-refractivity contribution in [3.8, 4) is 0 Å². The van der Waals surface area contributed by atoms with Gasteiger partial charge in [0.25, 0.3) is 5.92 Å². The number of Topliss-reactive ketones (excluding diaryl/α,β-unsaturated/α-hetero) is 1. The second-order valence-electron chi connectivity index (χ2n) is 12.2. The average Bonchev–Trinajstić information content (AvgIpc) is 2.93. The molecule has 0 bridgehead atoms. The smallest absolute Gasteiger partial charge is 0.412 e. The Balaban J connectivity index is 2.10. The summed E-state index contributed by atoms with van der Waals surface area (Å²) in [6.45, 7) is 10.7. The fourth-order valence-corrected chi connectivity index (χ4v) is 6.06. The quantitative estimate of drug-likeness (QED) is 0.103. The Labute approximate surface area is 262 Å². The summed E-state index contributed by atoms with van der Waals surface area (Å²) < 4.78 is 84.6. The second-order valence-corrected chi connectivity index (χ2v) is 12.2. The van der Waals surface area contributed by atoms with Crippen LogP contribution in [0.5, 0.6) is 0 Å². The van der Waals surface area contributed by atoms with Gasteiger partial charge in [0.05, 0.1) is 11.8 Å². The lowest BCUT2D eigenvalue weighted by Crippen LogP contribution is -2.45. The van der Waals surface area contributed by atoms with Gasteiger partial charge >= 0.3 is 6.18 Å². The molecule has 1 aliphatic carbocycles. The van der Waals surface area contributed by atoms with Crippen LogP contribution in [0.4, 0.5) is 26.3 Å². The lowest BCUT2D eigenvalue weighted by Gasteiger charge is -2.46. The Morgan fingerprint density at radius 2 is 1.73 bits per heavy atom. The van der Waals surface area contributed by atoms with E-state index in [4.69, 9.17) is 0 Å². The number of aliphatic hydroxyl groups excluding tert-OH is 1. The highest BCUT2D eigenvalue weighted by Gasteiger charge is 2.49. The molecule has 1 saturated carbocycles. The summed E-state index contributed by atoms with van der Waals surface area (Å²) in [5.74, 6) is -4.30. The average molecular weight is 633 g/mol. The highest BCUT2D eigenvalue weighted by atomic mass is 19.4. The molecule has 1 atom stereocenters. The third-order valence-corrected chi connectivity index (χ3v) is 9.16. The van der Waals surface area contributed by atoms with Crippen LogP contribution in [0.15, 0.2) is 67.0 Å². The lowest BCUT2D eigenvalue weighted by atomic mass is 9.56. The van der Waals surface area contributed by atoms with Crippen LogP contribution in [0.1, 0.15) is 93.2 Å². The van der Waals surface area contributed by atoms with Gasteiger partial charge in [-0.25, -0.2) is 13.2 Å². The van der Waals surface area contributed by atoms with E-state index in [1.54, 1.807) is 13.0 Å². The van der Waals surface area contributed by atoms with Crippen molar-refractivity contribution >= 4 is 16.9 Å². The van der Waals surface area contributed by atoms with Crippen molar-refractivity contribution in [2.75, 3.05) is 0 Å². The fourth-order valence-electron chi connectivity index (χ4n) is 6.06. The Morgan fingerprint density at radius 3 is 2.24 bits per heavy atom. The molecule has 0 radical (unpaired) electrons. The van der Waals surface area contributed by atoms with Crippen molar-refractivity contribution in [1.82, 2.24) is 0 Å². The number of halogens is 6. The van der Waals surface area contributed by atoms with Crippen molar-refractivity contribution in [1.29, 1.82) is 0 Å². The SMILES string of the molecule is C=C/C=C(\C=C(/C)C(F)(F)F)c1cc(C(C)(F)F)ccc1C(=CO)C(=O)C1(C(C)Cc2ccc(CCCC)c(F)c2C)CCC1. The minimum Gasteiger partial charge on any atom is -0.515 e. The molecule has 0 amide bonds. The summed E-state index contributed by atoms with van der Waals surface area (Å²) in [4.78, 5) is 14.3. The molecule has 2 aromatic carbocycles. The summed E-state index contributed by atoms with van der Waals surface area (Å²) in [6, 6.07) is 7.06. The van der Waals surface area contributed by atoms with E-state index in [2.05, 4.69) is 6.58 Å². The maximum atomic E-state index is 15.2. The number of carbonyl (C=O) groups excluding carboxylic acids is 1. The number of ketones is 1. The Kier molecular flexibility index (Phi) is 11.4. The number of hydrogen-bond acceptors (Lipinski definition) is 2. The van der Waals surface area contributed by atoms with Gasteiger partial charge in [0.15, 0.2) is 5.78 Å². The van der Waals surface area contributed by atoms with Gasteiger partial charge in [-0.2, -0.15) is 13.2 Å². The number of hydrogen-bond donors (Lipinski definition) is 1. The number of benzene rings is 2. The van der Waals surface area contributed by atoms with Crippen LogP contribution in [0.2, 0.25) is 0 Å². The van der Waals surface area contributed by atoms with Gasteiger partial charge in [0.1, 0.15) is 5.82 Å². The van der Waals surface area contributed by atoms with E-state index in [0.29, 0.717) is 50.0 Å². The molecule has 8 heteroatoms. The Hall–Kier alpha value is -3.55. The van der Waals surface area contributed by atoms with Crippen molar-refractivity contribution in [2.45, 2.75) is 91.7 Å². The van der Waals surface area contributed by atoms with E-state index in [1.165, 1.54) is 18.2 Å². The molecule has 45 heavy (non-hydrogen) atoms. The predicted octanol–water partition coefficient (Wildman–Crippen LogP) is 11.2. The zero-order valence-electron chi connectivity index (χ0n) is 26.6. The summed E-state index contributed by atoms with van der Waals surface area (Å²) in [6.07, 6.45) is 3.76. The van der Waals surface area contributed by atoms with Crippen molar-refractivity contribution < 1.29 is 36.2 Å². The minimum atomic E-state index is -4.69. The first kappa shape index (κ1) is 35.9. The predicted molar refractivity (Wildman–Crippen MR) is 169 cm³/mol. The molecule has 1 aliphatic rings. The maximum Gasteiger partial charge on any atom is 0.412 e. The standard InChI is InChI=1S/C37H42F6O2/c1-7-9-12-26-13-14-27(25(5)33(26)38)19-23(3)36(17-10-18-36)34(45)32(22-44)30-16-15-29(35(6,39)40)21-31(30)28(11-8-2)20-24(4)37(41,42)43/h8,11,13-16,20-23,44H,2,7,9-10,12,17-19H2,1,3-6H3/b24-20+,28-11+,32-22?. The Bertz CT molecular complexity index is 1500. The normalized spacial score (nSPS) is 16.7.